The lowest BCUT2D eigenvalue weighted by molar-refractivity contribution is -0.149. The largest absolute Gasteiger partial charge is 0.452 e. The van der Waals surface area contributed by atoms with E-state index in [9.17, 15) is 9.59 Å². The molecule has 0 fully saturated rings. The number of thiophene rings is 2. The van der Waals surface area contributed by atoms with Gasteiger partial charge in [-0.3, -0.25) is 4.79 Å². The van der Waals surface area contributed by atoms with Crippen molar-refractivity contribution in [2.24, 2.45) is 5.10 Å². The van der Waals surface area contributed by atoms with Crippen LogP contribution in [0.15, 0.2) is 82.6 Å². The first-order valence-corrected chi connectivity index (χ1v) is 12.1. The van der Waals surface area contributed by atoms with Crippen LogP contribution in [0.4, 0.5) is 0 Å². The third-order valence-electron chi connectivity index (χ3n) is 5.19. The zero-order valence-corrected chi connectivity index (χ0v) is 19.1. The number of para-hydroxylation sites is 1. The van der Waals surface area contributed by atoms with Gasteiger partial charge in [0.05, 0.1) is 27.8 Å². The van der Waals surface area contributed by atoms with Crippen molar-refractivity contribution in [3.05, 3.63) is 92.9 Å². The molecule has 3 aromatic heterocycles. The Bertz CT molecular complexity index is 1340. The van der Waals surface area contributed by atoms with Gasteiger partial charge >= 0.3 is 5.97 Å². The number of hydrogen-bond donors (Lipinski definition) is 0. The number of benzene rings is 1. The first kappa shape index (κ1) is 21.2. The number of amides is 1. The second-order valence-corrected chi connectivity index (χ2v) is 9.29. The van der Waals surface area contributed by atoms with E-state index >= 15 is 0 Å². The van der Waals surface area contributed by atoms with Crippen LogP contribution in [-0.4, -0.2) is 34.2 Å². The van der Waals surface area contributed by atoms with Crippen molar-refractivity contribution in [1.29, 1.82) is 0 Å². The summed E-state index contributed by atoms with van der Waals surface area (Å²) < 4.78 is 5.21. The molecule has 0 N–H and O–H groups in total. The summed E-state index contributed by atoms with van der Waals surface area (Å²) in [7, 11) is 0. The lowest BCUT2D eigenvalue weighted by Crippen LogP contribution is -2.30. The minimum Gasteiger partial charge on any atom is -0.452 e. The molecule has 164 valence electrons. The van der Waals surface area contributed by atoms with Crippen LogP contribution in [-0.2, 0) is 14.3 Å². The number of rotatable bonds is 6. The molecule has 0 saturated carbocycles. The summed E-state index contributed by atoms with van der Waals surface area (Å²) in [5.41, 5.74) is 2.35. The maximum Gasteiger partial charge on any atom is 0.331 e. The molecule has 0 bridgehead atoms. The van der Waals surface area contributed by atoms with Crippen LogP contribution in [0.1, 0.15) is 27.9 Å². The third kappa shape index (κ3) is 4.76. The zero-order chi connectivity index (χ0) is 22.6. The van der Waals surface area contributed by atoms with E-state index in [-0.39, 0.29) is 18.6 Å². The van der Waals surface area contributed by atoms with Gasteiger partial charge in [-0.1, -0.05) is 36.4 Å². The van der Waals surface area contributed by atoms with Crippen molar-refractivity contribution in [2.75, 3.05) is 6.61 Å². The van der Waals surface area contributed by atoms with Gasteiger partial charge in [-0.25, -0.2) is 14.8 Å². The van der Waals surface area contributed by atoms with E-state index in [2.05, 4.69) is 10.1 Å². The van der Waals surface area contributed by atoms with Gasteiger partial charge in [0.1, 0.15) is 0 Å². The molecular formula is C25H19N3O3S2. The van der Waals surface area contributed by atoms with Crippen molar-refractivity contribution in [3.8, 4) is 0 Å². The summed E-state index contributed by atoms with van der Waals surface area (Å²) in [6.45, 7) is -0.378. The summed E-state index contributed by atoms with van der Waals surface area (Å²) in [6, 6.07) is 19.2. The Kier molecular flexibility index (Phi) is 6.10. The number of carbonyl (C=O) groups excluding carboxylic acids is 2. The summed E-state index contributed by atoms with van der Waals surface area (Å²) in [5, 5.41) is 11.0. The topological polar surface area (TPSA) is 71.9 Å². The number of hydrogen-bond acceptors (Lipinski definition) is 7. The van der Waals surface area contributed by atoms with Gasteiger partial charge < -0.3 is 4.74 Å². The molecule has 6 nitrogen and oxygen atoms in total. The number of carbonyl (C=O) groups is 2. The fourth-order valence-corrected chi connectivity index (χ4v) is 5.14. The fraction of sp³-hybridized carbons (Fsp3) is 0.120. The maximum atomic E-state index is 12.9. The number of pyridine rings is 1. The van der Waals surface area contributed by atoms with E-state index < -0.39 is 5.97 Å². The van der Waals surface area contributed by atoms with Gasteiger partial charge in [0, 0.05) is 22.8 Å². The molecule has 0 saturated heterocycles. The molecule has 5 rings (SSSR count). The lowest BCUT2D eigenvalue weighted by Gasteiger charge is -2.20. The standard InChI is InChI=1S/C25H19N3O3S2/c29-24(16-31-25(30)12-11-18-10-9-17-5-1-2-6-19(17)26-18)28-21(23-8-4-14-33-23)15-20(27-28)22-7-3-13-32-22/h1-14,21H,15-16H2/b12-11+. The highest BCUT2D eigenvalue weighted by molar-refractivity contribution is 7.12. The molecular weight excluding hydrogens is 454 g/mol. The molecule has 0 aliphatic carbocycles. The van der Waals surface area contributed by atoms with Gasteiger partial charge in [-0.2, -0.15) is 5.10 Å². The maximum absolute atomic E-state index is 12.9. The van der Waals surface area contributed by atoms with Crippen LogP contribution in [0.3, 0.4) is 0 Å². The Labute approximate surface area is 198 Å². The van der Waals surface area contributed by atoms with Crippen LogP contribution in [0.2, 0.25) is 0 Å². The van der Waals surface area contributed by atoms with Gasteiger partial charge in [0.15, 0.2) is 6.61 Å². The summed E-state index contributed by atoms with van der Waals surface area (Å²) in [5.74, 6) is -0.960. The molecule has 1 aromatic carbocycles. The highest BCUT2D eigenvalue weighted by Gasteiger charge is 2.34. The molecule has 1 atom stereocenters. The number of fused-ring (bicyclic) bond motifs is 1. The predicted octanol–water partition coefficient (Wildman–Crippen LogP) is 5.29. The van der Waals surface area contributed by atoms with Crippen LogP contribution in [0.25, 0.3) is 17.0 Å². The number of hydrazone groups is 1. The highest BCUT2D eigenvalue weighted by Crippen LogP contribution is 2.35. The number of nitrogens with zero attached hydrogens (tertiary/aromatic N) is 3. The Hall–Kier alpha value is -3.62. The fourth-order valence-electron chi connectivity index (χ4n) is 3.61. The van der Waals surface area contributed by atoms with Crippen molar-refractivity contribution in [1.82, 2.24) is 9.99 Å². The Morgan fingerprint density at radius 2 is 1.88 bits per heavy atom. The third-order valence-corrected chi connectivity index (χ3v) is 7.08. The molecule has 1 amide bonds. The lowest BCUT2D eigenvalue weighted by atomic mass is 10.1. The minimum absolute atomic E-state index is 0.189. The van der Waals surface area contributed by atoms with Crippen LogP contribution < -0.4 is 0 Å². The molecule has 0 radical (unpaired) electrons. The van der Waals surface area contributed by atoms with Gasteiger partial charge in [-0.15, -0.1) is 22.7 Å². The molecule has 4 aromatic rings. The quantitative estimate of drug-likeness (QED) is 0.282. The average Bonchev–Trinajstić information content (AvgIpc) is 3.61. The summed E-state index contributed by atoms with van der Waals surface area (Å²) in [4.78, 5) is 31.7. The number of esters is 1. The van der Waals surface area contributed by atoms with Crippen LogP contribution >= 0.6 is 22.7 Å². The minimum atomic E-state index is -0.604. The smallest absolute Gasteiger partial charge is 0.331 e. The molecule has 1 aliphatic rings. The first-order chi connectivity index (χ1) is 16.2. The monoisotopic (exact) mass is 473 g/mol. The van der Waals surface area contributed by atoms with Crippen LogP contribution in [0, 0.1) is 0 Å². The normalized spacial score (nSPS) is 15.8. The predicted molar refractivity (Wildman–Crippen MR) is 131 cm³/mol. The van der Waals surface area contributed by atoms with E-state index in [1.54, 1.807) is 28.7 Å². The number of ether oxygens (including phenoxy) is 1. The Morgan fingerprint density at radius 3 is 2.70 bits per heavy atom. The zero-order valence-electron chi connectivity index (χ0n) is 17.5. The average molecular weight is 474 g/mol. The molecule has 1 aliphatic heterocycles. The Balaban J connectivity index is 1.24. The van der Waals surface area contributed by atoms with E-state index in [0.29, 0.717) is 12.1 Å². The first-order valence-electron chi connectivity index (χ1n) is 10.3. The molecule has 1 unspecified atom stereocenters. The van der Waals surface area contributed by atoms with Gasteiger partial charge in [0.25, 0.3) is 5.91 Å². The summed E-state index contributed by atoms with van der Waals surface area (Å²) >= 11 is 3.17. The van der Waals surface area contributed by atoms with E-state index in [0.717, 1.165) is 26.4 Å². The van der Waals surface area contributed by atoms with Crippen molar-refractivity contribution < 1.29 is 14.3 Å². The van der Waals surface area contributed by atoms with Gasteiger partial charge in [-0.05, 0) is 41.1 Å². The van der Waals surface area contributed by atoms with E-state index in [1.165, 1.54) is 11.1 Å². The van der Waals surface area contributed by atoms with Crippen LogP contribution in [0.5, 0.6) is 0 Å². The Morgan fingerprint density at radius 1 is 1.03 bits per heavy atom. The molecule has 4 heterocycles. The molecule has 0 spiro atoms. The van der Waals surface area contributed by atoms with Gasteiger partial charge in [0.2, 0.25) is 0 Å². The summed E-state index contributed by atoms with van der Waals surface area (Å²) in [6.07, 6.45) is 3.50. The van der Waals surface area contributed by atoms with E-state index in [4.69, 9.17) is 4.74 Å². The van der Waals surface area contributed by atoms with E-state index in [1.807, 2.05) is 71.4 Å². The second kappa shape index (κ2) is 9.48. The van der Waals surface area contributed by atoms with Crippen molar-refractivity contribution >= 4 is 57.2 Å². The highest BCUT2D eigenvalue weighted by atomic mass is 32.1. The SMILES string of the molecule is O=C(/C=C/c1ccc2ccccc2n1)OCC(=O)N1N=C(c2cccs2)CC1c1cccs1. The number of aromatic nitrogens is 1. The second-order valence-electron chi connectivity index (χ2n) is 7.37. The van der Waals surface area contributed by atoms with Crippen molar-refractivity contribution in [2.45, 2.75) is 12.5 Å². The van der Waals surface area contributed by atoms with Crippen molar-refractivity contribution in [3.63, 3.8) is 0 Å². The molecule has 8 heteroatoms. The molecule has 33 heavy (non-hydrogen) atoms.